The van der Waals surface area contributed by atoms with E-state index in [1.165, 1.54) is 4.90 Å². The standard InChI is InChI=1S/C23H28N8O4S/c1-15(16-6-4-7-17(12-16)21(33)35-14-20(32)30(2)3)25-22-28-29-23(36(22)34)26-18-9-11-31(13-18)19-8-5-10-24-27-19/h4-8,10,12,15,18H,9,11,13-14H2,1-3H3,(H,25,28)(H,26,29)/t15-,18-,36?/m1/s1. The Labute approximate surface area is 211 Å². The highest BCUT2D eigenvalue weighted by molar-refractivity contribution is 8.14. The molecule has 3 atom stereocenters. The highest BCUT2D eigenvalue weighted by atomic mass is 32.2. The van der Waals surface area contributed by atoms with Crippen LogP contribution in [0, 0.1) is 0 Å². The maximum absolute atomic E-state index is 13.0. The number of ether oxygens (including phenoxy) is 1. The van der Waals surface area contributed by atoms with Crippen LogP contribution >= 0.6 is 0 Å². The number of hydrogen-bond donors (Lipinski definition) is 2. The number of likely N-dealkylation sites (N-methyl/N-ethyl adjacent to an activating group) is 1. The normalized spacial score (nSPS) is 19.8. The average Bonchev–Trinajstić information content (AvgIpc) is 3.50. The summed E-state index contributed by atoms with van der Waals surface area (Å²) in [5, 5.41) is 23.1. The van der Waals surface area contributed by atoms with Gasteiger partial charge in [0.2, 0.25) is 10.3 Å². The third-order valence-corrected chi connectivity index (χ3v) is 6.87. The number of nitrogens with zero attached hydrogens (tertiary/aromatic N) is 6. The third-order valence-electron chi connectivity index (χ3n) is 5.77. The highest BCUT2D eigenvalue weighted by Crippen LogP contribution is 2.19. The lowest BCUT2D eigenvalue weighted by Gasteiger charge is -2.18. The predicted octanol–water partition coefficient (Wildman–Crippen LogP) is 0.630. The number of amidine groups is 2. The molecule has 0 radical (unpaired) electrons. The van der Waals surface area contributed by atoms with Crippen LogP contribution in [0.2, 0.25) is 0 Å². The predicted molar refractivity (Wildman–Crippen MR) is 136 cm³/mol. The first-order valence-electron chi connectivity index (χ1n) is 11.4. The van der Waals surface area contributed by atoms with E-state index in [0.29, 0.717) is 17.3 Å². The molecule has 3 heterocycles. The fraction of sp³-hybridized carbons (Fsp3) is 0.391. The van der Waals surface area contributed by atoms with Gasteiger partial charge in [-0.2, -0.15) is 5.10 Å². The Balaban J connectivity index is 1.29. The molecule has 0 spiro atoms. The number of carbonyl (C=O) groups is 2. The molecule has 13 heteroatoms. The van der Waals surface area contributed by atoms with Crippen molar-refractivity contribution in [1.29, 1.82) is 0 Å². The Morgan fingerprint density at radius 1 is 1.22 bits per heavy atom. The summed E-state index contributed by atoms with van der Waals surface area (Å²) in [6.07, 6.45) is 2.48. The van der Waals surface area contributed by atoms with E-state index >= 15 is 0 Å². The van der Waals surface area contributed by atoms with Gasteiger partial charge in [-0.3, -0.25) is 4.79 Å². The summed E-state index contributed by atoms with van der Waals surface area (Å²) in [6, 6.07) is 10.3. The zero-order valence-electron chi connectivity index (χ0n) is 20.2. The topological polar surface area (TPSA) is 141 Å². The lowest BCUT2D eigenvalue weighted by Crippen LogP contribution is -2.41. The smallest absolute Gasteiger partial charge is 0.338 e. The summed E-state index contributed by atoms with van der Waals surface area (Å²) in [5.41, 5.74) is 1.08. The van der Waals surface area contributed by atoms with Crippen LogP contribution in [0.15, 0.2) is 52.8 Å². The van der Waals surface area contributed by atoms with Gasteiger partial charge >= 0.3 is 5.97 Å². The molecule has 1 aromatic heterocycles. The van der Waals surface area contributed by atoms with Crippen molar-refractivity contribution in [3.63, 3.8) is 0 Å². The zero-order chi connectivity index (χ0) is 25.7. The van der Waals surface area contributed by atoms with Crippen LogP contribution in [-0.2, 0) is 20.3 Å². The number of anilines is 1. The Morgan fingerprint density at radius 2 is 2.03 bits per heavy atom. The van der Waals surface area contributed by atoms with Crippen molar-refractivity contribution < 1.29 is 18.5 Å². The molecule has 1 saturated heterocycles. The van der Waals surface area contributed by atoms with Crippen molar-refractivity contribution in [2.24, 2.45) is 10.2 Å². The summed E-state index contributed by atoms with van der Waals surface area (Å²) in [6.45, 7) is 3.03. The minimum atomic E-state index is -1.57. The molecule has 2 aliphatic rings. The van der Waals surface area contributed by atoms with E-state index in [-0.39, 0.29) is 29.8 Å². The molecule has 1 unspecified atom stereocenters. The third kappa shape index (κ3) is 6.03. The van der Waals surface area contributed by atoms with E-state index in [0.717, 1.165) is 24.3 Å². The Bertz CT molecular complexity index is 1200. The van der Waals surface area contributed by atoms with Crippen molar-refractivity contribution in [3.8, 4) is 0 Å². The van der Waals surface area contributed by atoms with Gasteiger partial charge < -0.3 is 25.2 Å². The fourth-order valence-corrected chi connectivity index (χ4v) is 4.66. The molecule has 2 aromatic rings. The molecule has 36 heavy (non-hydrogen) atoms. The number of benzene rings is 1. The molecule has 1 aromatic carbocycles. The van der Waals surface area contributed by atoms with Gasteiger partial charge in [0.25, 0.3) is 5.91 Å². The summed E-state index contributed by atoms with van der Waals surface area (Å²) in [5.74, 6) is -0.0956. The van der Waals surface area contributed by atoms with Crippen LogP contribution in [0.5, 0.6) is 0 Å². The van der Waals surface area contributed by atoms with E-state index in [2.05, 4.69) is 35.9 Å². The number of nitrogens with one attached hydrogen (secondary N) is 2. The molecular formula is C23H28N8O4S. The van der Waals surface area contributed by atoms with Crippen LogP contribution in [0.25, 0.3) is 0 Å². The lowest BCUT2D eigenvalue weighted by molar-refractivity contribution is -0.131. The van der Waals surface area contributed by atoms with E-state index in [4.69, 9.17) is 4.74 Å². The Kier molecular flexibility index (Phi) is 7.88. The molecule has 190 valence electrons. The number of esters is 1. The molecule has 1 fully saturated rings. The maximum atomic E-state index is 13.0. The first-order valence-corrected chi connectivity index (χ1v) is 12.6. The first kappa shape index (κ1) is 25.2. The molecule has 2 aliphatic heterocycles. The summed E-state index contributed by atoms with van der Waals surface area (Å²) < 4.78 is 18.1. The van der Waals surface area contributed by atoms with E-state index in [1.807, 2.05) is 25.1 Å². The summed E-state index contributed by atoms with van der Waals surface area (Å²) in [4.78, 5) is 27.5. The Morgan fingerprint density at radius 3 is 2.78 bits per heavy atom. The van der Waals surface area contributed by atoms with E-state index in [1.54, 1.807) is 38.5 Å². The number of hydrogen-bond acceptors (Lipinski definition) is 11. The van der Waals surface area contributed by atoms with Crippen LogP contribution in [0.3, 0.4) is 0 Å². The van der Waals surface area contributed by atoms with Crippen molar-refractivity contribution in [1.82, 2.24) is 25.7 Å². The van der Waals surface area contributed by atoms with Gasteiger partial charge in [0.05, 0.1) is 11.6 Å². The second-order valence-electron chi connectivity index (χ2n) is 8.59. The van der Waals surface area contributed by atoms with Crippen molar-refractivity contribution >= 4 is 38.8 Å². The molecular weight excluding hydrogens is 484 g/mol. The molecule has 0 saturated carbocycles. The van der Waals surface area contributed by atoms with Crippen LogP contribution < -0.4 is 15.5 Å². The zero-order valence-corrected chi connectivity index (χ0v) is 21.1. The quantitative estimate of drug-likeness (QED) is 0.511. The van der Waals surface area contributed by atoms with Gasteiger partial charge in [0.15, 0.2) is 23.2 Å². The molecule has 2 N–H and O–H groups in total. The van der Waals surface area contributed by atoms with Gasteiger partial charge in [0.1, 0.15) is 0 Å². The molecule has 0 aliphatic carbocycles. The van der Waals surface area contributed by atoms with Crippen molar-refractivity contribution in [2.75, 3.05) is 38.7 Å². The van der Waals surface area contributed by atoms with Crippen molar-refractivity contribution in [2.45, 2.75) is 25.4 Å². The minimum Gasteiger partial charge on any atom is -0.452 e. The molecule has 0 bridgehead atoms. The summed E-state index contributed by atoms with van der Waals surface area (Å²) in [7, 11) is 1.61. The maximum Gasteiger partial charge on any atom is 0.338 e. The number of rotatable bonds is 7. The van der Waals surface area contributed by atoms with Gasteiger partial charge in [-0.25, -0.2) is 9.00 Å². The SMILES string of the molecule is C[C@@H](NC1=NN=C(N[C@@H]2CCN(c3cccnn3)C2)S1=O)c1cccc(C(=O)OCC(=O)N(C)C)c1. The average molecular weight is 513 g/mol. The van der Waals surface area contributed by atoms with E-state index < -0.39 is 16.8 Å². The van der Waals surface area contributed by atoms with Crippen LogP contribution in [0.4, 0.5) is 5.82 Å². The van der Waals surface area contributed by atoms with Gasteiger partial charge in [-0.15, -0.1) is 15.3 Å². The lowest BCUT2D eigenvalue weighted by atomic mass is 10.1. The second-order valence-corrected chi connectivity index (χ2v) is 9.90. The minimum absolute atomic E-state index is 0.0590. The van der Waals surface area contributed by atoms with Gasteiger partial charge in [-0.05, 0) is 43.2 Å². The molecule has 12 nitrogen and oxygen atoms in total. The second kappa shape index (κ2) is 11.2. The van der Waals surface area contributed by atoms with E-state index in [9.17, 15) is 13.8 Å². The number of carbonyl (C=O) groups excluding carboxylic acids is 2. The largest absolute Gasteiger partial charge is 0.452 e. The number of amides is 1. The highest BCUT2D eigenvalue weighted by Gasteiger charge is 2.30. The fourth-order valence-electron chi connectivity index (χ4n) is 3.69. The molecule has 1 amide bonds. The number of aromatic nitrogens is 2. The van der Waals surface area contributed by atoms with Crippen LogP contribution in [0.1, 0.15) is 35.3 Å². The molecule has 4 rings (SSSR count). The van der Waals surface area contributed by atoms with Gasteiger partial charge in [-0.1, -0.05) is 12.1 Å². The van der Waals surface area contributed by atoms with Crippen LogP contribution in [-0.4, -0.2) is 81.4 Å². The van der Waals surface area contributed by atoms with Gasteiger partial charge in [0, 0.05) is 39.4 Å². The van der Waals surface area contributed by atoms with Crippen molar-refractivity contribution in [3.05, 3.63) is 53.7 Å². The Hall–Kier alpha value is -3.87. The monoisotopic (exact) mass is 512 g/mol. The summed E-state index contributed by atoms with van der Waals surface area (Å²) >= 11 is 0. The first-order chi connectivity index (χ1) is 17.3.